The fourth-order valence-corrected chi connectivity index (χ4v) is 6.16. The summed E-state index contributed by atoms with van der Waals surface area (Å²) in [5, 5.41) is 2.11. The van der Waals surface area contributed by atoms with Crippen molar-refractivity contribution in [1.82, 2.24) is 19.4 Å². The number of aromatic nitrogens is 4. The summed E-state index contributed by atoms with van der Waals surface area (Å²) < 4.78 is 3.33. The van der Waals surface area contributed by atoms with Gasteiger partial charge in [-0.2, -0.15) is 0 Å². The molecule has 0 atom stereocenters. The third-order valence-electron chi connectivity index (χ3n) is 7.02. The topological polar surface area (TPSA) is 43.1 Å². The maximum absolute atomic E-state index is 5.15. The van der Waals surface area contributed by atoms with Crippen molar-refractivity contribution in [2.24, 2.45) is 0 Å². The second-order valence-electron chi connectivity index (χ2n) is 9.36. The molecule has 8 rings (SSSR count). The molecule has 0 radical (unpaired) electrons. The molecule has 0 fully saturated rings. The Kier molecular flexibility index (Phi) is 4.66. The average molecular weight is 505 g/mol. The molecule has 38 heavy (non-hydrogen) atoms. The Morgan fingerprint density at radius 2 is 1.34 bits per heavy atom. The minimum absolute atomic E-state index is 0.918. The molecule has 0 saturated heterocycles. The Morgan fingerprint density at radius 1 is 0.553 bits per heavy atom. The molecule has 0 aliphatic heterocycles. The van der Waals surface area contributed by atoms with E-state index in [0.717, 1.165) is 66.1 Å². The summed E-state index contributed by atoms with van der Waals surface area (Å²) in [6.45, 7) is 0. The van der Waals surface area contributed by atoms with Crippen LogP contribution in [0.25, 0.3) is 70.8 Å². The lowest BCUT2D eigenvalue weighted by atomic mass is 10.00. The van der Waals surface area contributed by atoms with Crippen molar-refractivity contribution in [2.75, 3.05) is 0 Å². The highest BCUT2D eigenvalue weighted by Crippen LogP contribution is 2.36. The minimum Gasteiger partial charge on any atom is -0.298 e. The van der Waals surface area contributed by atoms with Crippen LogP contribution in [0.1, 0.15) is 0 Å². The third kappa shape index (κ3) is 3.33. The van der Waals surface area contributed by atoms with Crippen LogP contribution in [-0.2, 0) is 0 Å². The Balaban J connectivity index is 1.30. The van der Waals surface area contributed by atoms with Gasteiger partial charge in [0, 0.05) is 22.7 Å². The summed E-state index contributed by atoms with van der Waals surface area (Å²) in [4.78, 5) is 15.1. The van der Waals surface area contributed by atoms with Crippen molar-refractivity contribution < 1.29 is 0 Å². The summed E-state index contributed by atoms with van der Waals surface area (Å²) in [5.41, 5.74) is 10.3. The molecule has 8 aromatic rings. The first-order chi connectivity index (χ1) is 18.8. The van der Waals surface area contributed by atoms with E-state index >= 15 is 0 Å². The number of para-hydroxylation sites is 1. The second kappa shape index (κ2) is 8.33. The van der Waals surface area contributed by atoms with Gasteiger partial charge in [-0.1, -0.05) is 78.9 Å². The molecule has 4 heterocycles. The monoisotopic (exact) mass is 504 g/mol. The zero-order valence-electron chi connectivity index (χ0n) is 20.2. The van der Waals surface area contributed by atoms with E-state index in [1.807, 2.05) is 36.4 Å². The Morgan fingerprint density at radius 3 is 2.29 bits per heavy atom. The van der Waals surface area contributed by atoms with Crippen LogP contribution in [0.5, 0.6) is 0 Å². The van der Waals surface area contributed by atoms with E-state index in [1.54, 1.807) is 11.3 Å². The lowest BCUT2D eigenvalue weighted by Gasteiger charge is -2.09. The first-order valence-corrected chi connectivity index (χ1v) is 13.4. The molecule has 0 aliphatic carbocycles. The predicted octanol–water partition coefficient (Wildman–Crippen LogP) is 8.65. The molecule has 0 bridgehead atoms. The Hall–Kier alpha value is -4.87. The van der Waals surface area contributed by atoms with Crippen molar-refractivity contribution in [2.45, 2.75) is 0 Å². The molecule has 178 valence electrons. The van der Waals surface area contributed by atoms with Gasteiger partial charge in [-0.25, -0.2) is 15.0 Å². The van der Waals surface area contributed by atoms with Gasteiger partial charge < -0.3 is 0 Å². The molecular formula is C33H20N4S. The van der Waals surface area contributed by atoms with Gasteiger partial charge in [0.05, 0.1) is 26.9 Å². The highest BCUT2D eigenvalue weighted by Gasteiger charge is 2.17. The summed E-state index contributed by atoms with van der Waals surface area (Å²) in [7, 11) is 0. The minimum atomic E-state index is 0.918. The first kappa shape index (κ1) is 21.2. The highest BCUT2D eigenvalue weighted by molar-refractivity contribution is 7.21. The van der Waals surface area contributed by atoms with Crippen molar-refractivity contribution in [1.29, 1.82) is 0 Å². The van der Waals surface area contributed by atoms with Gasteiger partial charge in [0.1, 0.15) is 16.2 Å². The van der Waals surface area contributed by atoms with E-state index in [9.17, 15) is 0 Å². The molecular weight excluding hydrogens is 484 g/mol. The van der Waals surface area contributed by atoms with Crippen LogP contribution in [0, 0.1) is 0 Å². The number of thiazole rings is 1. The molecule has 0 amide bonds. The molecule has 0 unspecified atom stereocenters. The molecule has 5 heteroatoms. The predicted molar refractivity (Wildman–Crippen MR) is 157 cm³/mol. The lowest BCUT2D eigenvalue weighted by molar-refractivity contribution is 1.22. The average Bonchev–Trinajstić information content (AvgIpc) is 3.59. The number of hydrogen-bond donors (Lipinski definition) is 0. The highest BCUT2D eigenvalue weighted by atomic mass is 32.1. The number of fused-ring (bicyclic) bond motifs is 6. The zero-order chi connectivity index (χ0) is 25.1. The third-order valence-corrected chi connectivity index (χ3v) is 8.11. The number of benzene rings is 4. The van der Waals surface area contributed by atoms with Gasteiger partial charge in [0.15, 0.2) is 0 Å². The van der Waals surface area contributed by atoms with Crippen molar-refractivity contribution in [3.8, 4) is 33.0 Å². The summed E-state index contributed by atoms with van der Waals surface area (Å²) >= 11 is 1.73. The van der Waals surface area contributed by atoms with Crippen molar-refractivity contribution in [3.63, 3.8) is 0 Å². The van der Waals surface area contributed by atoms with Crippen LogP contribution in [0.4, 0.5) is 0 Å². The van der Waals surface area contributed by atoms with E-state index < -0.39 is 0 Å². The van der Waals surface area contributed by atoms with Crippen LogP contribution in [0.15, 0.2) is 121 Å². The van der Waals surface area contributed by atoms with Crippen LogP contribution in [0.3, 0.4) is 0 Å². The van der Waals surface area contributed by atoms with E-state index in [1.165, 1.54) is 4.70 Å². The molecule has 0 saturated carbocycles. The smallest absolute Gasteiger partial charge is 0.137 e. The lowest BCUT2D eigenvalue weighted by Crippen LogP contribution is -1.92. The fourth-order valence-electron chi connectivity index (χ4n) is 5.21. The van der Waals surface area contributed by atoms with E-state index in [2.05, 4.69) is 89.5 Å². The summed E-state index contributed by atoms with van der Waals surface area (Å²) in [6.07, 6.45) is 2.06. The van der Waals surface area contributed by atoms with E-state index in [4.69, 9.17) is 15.0 Å². The number of nitrogens with zero attached hydrogens (tertiary/aromatic N) is 4. The van der Waals surface area contributed by atoms with Crippen LogP contribution < -0.4 is 0 Å². The van der Waals surface area contributed by atoms with Gasteiger partial charge in [-0.3, -0.25) is 4.40 Å². The normalized spacial score (nSPS) is 11.7. The van der Waals surface area contributed by atoms with Crippen molar-refractivity contribution >= 4 is 49.1 Å². The quantitative estimate of drug-likeness (QED) is 0.242. The molecule has 0 spiro atoms. The maximum Gasteiger partial charge on any atom is 0.137 e. The van der Waals surface area contributed by atoms with Crippen LogP contribution in [-0.4, -0.2) is 19.4 Å². The number of pyridine rings is 2. The molecule has 4 aromatic carbocycles. The molecule has 4 aromatic heterocycles. The van der Waals surface area contributed by atoms with E-state index in [0.29, 0.717) is 0 Å². The fraction of sp³-hybridized carbons (Fsp3) is 0. The van der Waals surface area contributed by atoms with Crippen molar-refractivity contribution in [3.05, 3.63) is 121 Å². The van der Waals surface area contributed by atoms with Crippen LogP contribution in [0.2, 0.25) is 0 Å². The largest absolute Gasteiger partial charge is 0.298 e. The number of hydrogen-bond acceptors (Lipinski definition) is 4. The first-order valence-electron chi connectivity index (χ1n) is 12.5. The van der Waals surface area contributed by atoms with Gasteiger partial charge in [-0.15, -0.1) is 11.3 Å². The van der Waals surface area contributed by atoms with Gasteiger partial charge in [0.25, 0.3) is 0 Å². The molecule has 0 aliphatic rings. The van der Waals surface area contributed by atoms with Gasteiger partial charge >= 0.3 is 0 Å². The van der Waals surface area contributed by atoms with E-state index in [-0.39, 0.29) is 0 Å². The summed E-state index contributed by atoms with van der Waals surface area (Å²) in [5.74, 6) is 0. The SMILES string of the molecule is c1ccc(-c2nc3cc(-c4cccc(-c5nc6ccccc6c6nc7ccccn7c56)c4)ccc3s2)cc1. The second-order valence-corrected chi connectivity index (χ2v) is 10.4. The van der Waals surface area contributed by atoms with Crippen LogP contribution >= 0.6 is 11.3 Å². The van der Waals surface area contributed by atoms with Gasteiger partial charge in [0.2, 0.25) is 0 Å². The molecule has 4 nitrogen and oxygen atoms in total. The standard InChI is InChI=1S/C33H20N4S/c1-2-9-21(10-3-1)33-35-27-20-23(16-17-28(27)38-33)22-11-8-12-24(19-22)30-32-31(25-13-4-5-14-26(25)34-30)36-29-15-6-7-18-37(29)32/h1-20H. The Bertz CT molecular complexity index is 2140. The summed E-state index contributed by atoms with van der Waals surface area (Å²) in [6, 6.07) is 39.9. The Labute approximate surface area is 222 Å². The van der Waals surface area contributed by atoms with Gasteiger partial charge in [-0.05, 0) is 47.5 Å². The number of rotatable bonds is 3. The maximum atomic E-state index is 5.15. The number of imidazole rings is 1. The molecule has 0 N–H and O–H groups in total. The zero-order valence-corrected chi connectivity index (χ0v) is 21.1.